The maximum atomic E-state index is 5.46. The van der Waals surface area contributed by atoms with Gasteiger partial charge in [-0.3, -0.25) is 5.43 Å². The molecule has 1 fully saturated rings. The molecule has 0 amide bonds. The Labute approximate surface area is 120 Å². The molecule has 7 nitrogen and oxygen atoms in total. The van der Waals surface area contributed by atoms with E-state index in [-0.39, 0.29) is 5.54 Å². The number of hydrogen-bond acceptors (Lipinski definition) is 7. The summed E-state index contributed by atoms with van der Waals surface area (Å²) in [5.74, 6) is 7.13. The van der Waals surface area contributed by atoms with Gasteiger partial charge in [-0.15, -0.1) is 0 Å². The van der Waals surface area contributed by atoms with Gasteiger partial charge in [0.25, 0.3) is 0 Å². The second kappa shape index (κ2) is 6.21. The zero-order chi connectivity index (χ0) is 14.6. The minimum Gasteiger partial charge on any atom is -0.349 e. The summed E-state index contributed by atoms with van der Waals surface area (Å²) in [6, 6.07) is 0. The Bertz CT molecular complexity index is 440. The van der Waals surface area contributed by atoms with Gasteiger partial charge < -0.3 is 10.2 Å². The van der Waals surface area contributed by atoms with Gasteiger partial charge in [-0.2, -0.15) is 15.0 Å². The van der Waals surface area contributed by atoms with E-state index in [0.29, 0.717) is 17.8 Å². The Kier molecular flexibility index (Phi) is 4.59. The number of anilines is 3. The van der Waals surface area contributed by atoms with Crippen molar-refractivity contribution in [2.75, 3.05) is 28.7 Å². The molecule has 1 aromatic heterocycles. The van der Waals surface area contributed by atoms with E-state index in [4.69, 9.17) is 5.84 Å². The fraction of sp³-hybridized carbons (Fsp3) is 0.769. The molecule has 7 heteroatoms. The van der Waals surface area contributed by atoms with Gasteiger partial charge >= 0.3 is 0 Å². The third-order valence-corrected chi connectivity index (χ3v) is 3.73. The van der Waals surface area contributed by atoms with E-state index in [1.165, 1.54) is 19.3 Å². The van der Waals surface area contributed by atoms with Crippen LogP contribution in [0.25, 0.3) is 0 Å². The molecule has 0 bridgehead atoms. The quantitative estimate of drug-likeness (QED) is 0.558. The summed E-state index contributed by atoms with van der Waals surface area (Å²) in [5, 5.41) is 3.34. The van der Waals surface area contributed by atoms with Crippen molar-refractivity contribution >= 4 is 17.8 Å². The van der Waals surface area contributed by atoms with E-state index in [2.05, 4.69) is 51.4 Å². The van der Waals surface area contributed by atoms with Crippen LogP contribution in [-0.2, 0) is 0 Å². The number of hydrogen-bond donors (Lipinski definition) is 3. The lowest BCUT2D eigenvalue weighted by atomic mass is 10.0. The molecule has 4 N–H and O–H groups in total. The van der Waals surface area contributed by atoms with Crippen molar-refractivity contribution in [2.45, 2.75) is 52.0 Å². The van der Waals surface area contributed by atoms with Crippen LogP contribution in [0.1, 0.15) is 46.5 Å². The second-order valence-corrected chi connectivity index (χ2v) is 5.84. The Morgan fingerprint density at radius 3 is 2.35 bits per heavy atom. The molecule has 1 aliphatic heterocycles. The first-order chi connectivity index (χ1) is 9.54. The predicted octanol–water partition coefficient (Wildman–Crippen LogP) is 1.75. The molecule has 1 saturated heterocycles. The molecule has 20 heavy (non-hydrogen) atoms. The fourth-order valence-electron chi connectivity index (χ4n) is 2.11. The Hall–Kier alpha value is -1.63. The number of nitrogens with zero attached hydrogens (tertiary/aromatic N) is 4. The van der Waals surface area contributed by atoms with Gasteiger partial charge in [0.15, 0.2) is 0 Å². The summed E-state index contributed by atoms with van der Waals surface area (Å²) in [7, 11) is 0. The highest BCUT2D eigenvalue weighted by Crippen LogP contribution is 2.20. The van der Waals surface area contributed by atoms with Crippen molar-refractivity contribution in [1.29, 1.82) is 0 Å². The lowest BCUT2D eigenvalue weighted by Crippen LogP contribution is -2.34. The number of piperidine rings is 1. The number of rotatable bonds is 5. The molecule has 0 atom stereocenters. The Balaban J connectivity index is 2.23. The first kappa shape index (κ1) is 14.8. The van der Waals surface area contributed by atoms with Gasteiger partial charge in [0.1, 0.15) is 0 Å². The van der Waals surface area contributed by atoms with Crippen LogP contribution < -0.4 is 21.5 Å². The lowest BCUT2D eigenvalue weighted by molar-refractivity contribution is 0.539. The molecule has 0 spiro atoms. The van der Waals surface area contributed by atoms with Crippen molar-refractivity contribution in [3.8, 4) is 0 Å². The van der Waals surface area contributed by atoms with Crippen molar-refractivity contribution < 1.29 is 0 Å². The Morgan fingerprint density at radius 2 is 1.75 bits per heavy atom. The van der Waals surface area contributed by atoms with E-state index in [1.54, 1.807) is 0 Å². The van der Waals surface area contributed by atoms with E-state index >= 15 is 0 Å². The molecule has 112 valence electrons. The SMILES string of the molecule is CCC(C)(C)Nc1nc(NN)nc(N2CCCCC2)n1. The number of nitrogens with two attached hydrogens (primary N) is 1. The van der Waals surface area contributed by atoms with Gasteiger partial charge in [0.2, 0.25) is 17.8 Å². The molecule has 0 aliphatic carbocycles. The van der Waals surface area contributed by atoms with Gasteiger partial charge in [-0.1, -0.05) is 6.92 Å². The first-order valence-electron chi connectivity index (χ1n) is 7.30. The van der Waals surface area contributed by atoms with Crippen LogP contribution in [0.2, 0.25) is 0 Å². The zero-order valence-corrected chi connectivity index (χ0v) is 12.6. The maximum Gasteiger partial charge on any atom is 0.243 e. The van der Waals surface area contributed by atoms with Crippen LogP contribution in [0.5, 0.6) is 0 Å². The van der Waals surface area contributed by atoms with E-state index in [0.717, 1.165) is 19.5 Å². The summed E-state index contributed by atoms with van der Waals surface area (Å²) >= 11 is 0. The molecule has 0 radical (unpaired) electrons. The normalized spacial score (nSPS) is 16.1. The average Bonchev–Trinajstić information content (AvgIpc) is 2.47. The largest absolute Gasteiger partial charge is 0.349 e. The van der Waals surface area contributed by atoms with Crippen molar-refractivity contribution in [1.82, 2.24) is 15.0 Å². The van der Waals surface area contributed by atoms with Crippen LogP contribution in [0.15, 0.2) is 0 Å². The Morgan fingerprint density at radius 1 is 1.10 bits per heavy atom. The van der Waals surface area contributed by atoms with E-state index < -0.39 is 0 Å². The minimum absolute atomic E-state index is 0.0631. The summed E-state index contributed by atoms with van der Waals surface area (Å²) in [6.45, 7) is 8.34. The second-order valence-electron chi connectivity index (χ2n) is 5.84. The molecule has 1 aromatic rings. The predicted molar refractivity (Wildman–Crippen MR) is 81.7 cm³/mol. The van der Waals surface area contributed by atoms with Gasteiger partial charge in [0, 0.05) is 18.6 Å². The third kappa shape index (κ3) is 3.69. The van der Waals surface area contributed by atoms with Crippen molar-refractivity contribution in [3.63, 3.8) is 0 Å². The zero-order valence-electron chi connectivity index (χ0n) is 12.6. The van der Waals surface area contributed by atoms with Crippen LogP contribution in [0.4, 0.5) is 17.8 Å². The average molecular weight is 279 g/mol. The molecule has 0 aromatic carbocycles. The van der Waals surface area contributed by atoms with Crippen LogP contribution in [0, 0.1) is 0 Å². The maximum absolute atomic E-state index is 5.46. The third-order valence-electron chi connectivity index (χ3n) is 3.73. The number of aromatic nitrogens is 3. The minimum atomic E-state index is -0.0631. The molecular formula is C13H25N7. The lowest BCUT2D eigenvalue weighted by Gasteiger charge is -2.28. The number of hydrazine groups is 1. The van der Waals surface area contributed by atoms with Crippen molar-refractivity contribution in [2.24, 2.45) is 5.84 Å². The van der Waals surface area contributed by atoms with Crippen LogP contribution >= 0.6 is 0 Å². The highest BCUT2D eigenvalue weighted by atomic mass is 15.4. The topological polar surface area (TPSA) is 92.0 Å². The standard InChI is InChI=1S/C13H25N7/c1-4-13(2,3)18-10-15-11(19-14)17-12(16-10)20-8-6-5-7-9-20/h4-9,14H2,1-3H3,(H2,15,16,17,18,19). The molecule has 2 rings (SSSR count). The molecule has 0 saturated carbocycles. The number of nitrogens with one attached hydrogen (secondary N) is 2. The highest BCUT2D eigenvalue weighted by Gasteiger charge is 2.20. The summed E-state index contributed by atoms with van der Waals surface area (Å²) in [6.07, 6.45) is 4.61. The van der Waals surface area contributed by atoms with Crippen LogP contribution in [-0.4, -0.2) is 33.6 Å². The molecule has 1 aliphatic rings. The van der Waals surface area contributed by atoms with Crippen molar-refractivity contribution in [3.05, 3.63) is 0 Å². The summed E-state index contributed by atoms with van der Waals surface area (Å²) in [5.41, 5.74) is 2.46. The van der Waals surface area contributed by atoms with Gasteiger partial charge in [-0.25, -0.2) is 5.84 Å². The first-order valence-corrected chi connectivity index (χ1v) is 7.30. The van der Waals surface area contributed by atoms with E-state index in [1.807, 2.05) is 0 Å². The van der Waals surface area contributed by atoms with Gasteiger partial charge in [-0.05, 0) is 39.5 Å². The van der Waals surface area contributed by atoms with E-state index in [9.17, 15) is 0 Å². The van der Waals surface area contributed by atoms with Gasteiger partial charge in [0.05, 0.1) is 0 Å². The smallest absolute Gasteiger partial charge is 0.243 e. The molecular weight excluding hydrogens is 254 g/mol. The van der Waals surface area contributed by atoms with Crippen LogP contribution in [0.3, 0.4) is 0 Å². The summed E-state index contributed by atoms with van der Waals surface area (Å²) < 4.78 is 0. The highest BCUT2D eigenvalue weighted by molar-refractivity contribution is 5.44. The monoisotopic (exact) mass is 279 g/mol. The fourth-order valence-corrected chi connectivity index (χ4v) is 2.11. The number of nitrogen functional groups attached to an aromatic ring is 1. The molecule has 0 unspecified atom stereocenters. The summed E-state index contributed by atoms with van der Waals surface area (Å²) in [4.78, 5) is 15.4. The molecule has 2 heterocycles.